The molecule has 0 aromatic carbocycles. The van der Waals surface area contributed by atoms with Crippen LogP contribution in [0.2, 0.25) is 0 Å². The molecule has 1 unspecified atom stereocenters. The second-order valence-electron chi connectivity index (χ2n) is 3.03. The van der Waals surface area contributed by atoms with E-state index in [2.05, 4.69) is 18.0 Å². The summed E-state index contributed by atoms with van der Waals surface area (Å²) in [6, 6.07) is 6.34. The van der Waals surface area contributed by atoms with Crippen LogP contribution in [-0.2, 0) is 0 Å². The molecule has 1 aromatic heterocycles. The Bertz CT molecular complexity index is 289. The van der Waals surface area contributed by atoms with E-state index < -0.39 is 0 Å². The summed E-state index contributed by atoms with van der Waals surface area (Å²) in [7, 11) is 1.94. The van der Waals surface area contributed by atoms with Crippen LogP contribution in [0.1, 0.15) is 18.5 Å². The van der Waals surface area contributed by atoms with Crippen LogP contribution in [0.5, 0.6) is 0 Å². The van der Waals surface area contributed by atoms with Crippen molar-refractivity contribution in [2.75, 3.05) is 13.6 Å². The van der Waals surface area contributed by atoms with Gasteiger partial charge in [0.2, 0.25) is 0 Å². The molecule has 3 heteroatoms. The third-order valence-electron chi connectivity index (χ3n) is 2.17. The third-order valence-corrected chi connectivity index (χ3v) is 2.17. The first kappa shape index (κ1) is 9.69. The highest BCUT2D eigenvalue weighted by molar-refractivity contribution is 5.14. The molecule has 13 heavy (non-hydrogen) atoms. The third kappa shape index (κ3) is 2.53. The summed E-state index contributed by atoms with van der Waals surface area (Å²) in [6.45, 7) is 2.52. The van der Waals surface area contributed by atoms with Crippen molar-refractivity contribution in [2.24, 2.45) is 0 Å². The van der Waals surface area contributed by atoms with Crippen molar-refractivity contribution in [3.8, 4) is 6.07 Å². The Morgan fingerprint density at radius 1 is 1.54 bits per heavy atom. The Morgan fingerprint density at radius 2 is 2.15 bits per heavy atom. The zero-order valence-corrected chi connectivity index (χ0v) is 7.94. The predicted molar refractivity (Wildman–Crippen MR) is 50.9 cm³/mol. The van der Waals surface area contributed by atoms with E-state index in [0.29, 0.717) is 6.54 Å². The Labute approximate surface area is 78.6 Å². The monoisotopic (exact) mass is 175 g/mol. The van der Waals surface area contributed by atoms with E-state index in [9.17, 15) is 0 Å². The molecule has 0 amide bonds. The molecule has 0 saturated carbocycles. The average Bonchev–Trinajstić information content (AvgIpc) is 2.18. The maximum Gasteiger partial charge on any atom is 0.0868 e. The second kappa shape index (κ2) is 4.58. The van der Waals surface area contributed by atoms with Gasteiger partial charge in [0.1, 0.15) is 0 Å². The molecule has 0 N–H and O–H groups in total. The normalized spacial score (nSPS) is 12.5. The van der Waals surface area contributed by atoms with Crippen molar-refractivity contribution in [1.29, 1.82) is 5.26 Å². The van der Waals surface area contributed by atoms with Crippen LogP contribution in [0.15, 0.2) is 24.5 Å². The summed E-state index contributed by atoms with van der Waals surface area (Å²) in [4.78, 5) is 5.94. The van der Waals surface area contributed by atoms with Gasteiger partial charge in [0.15, 0.2) is 0 Å². The fraction of sp³-hybridized carbons (Fsp3) is 0.400. The summed E-state index contributed by atoms with van der Waals surface area (Å²) in [5.41, 5.74) is 1.19. The van der Waals surface area contributed by atoms with E-state index in [1.54, 1.807) is 12.4 Å². The van der Waals surface area contributed by atoms with Crippen molar-refractivity contribution in [3.05, 3.63) is 30.1 Å². The van der Waals surface area contributed by atoms with E-state index in [0.717, 1.165) is 0 Å². The summed E-state index contributed by atoms with van der Waals surface area (Å²) in [5.74, 6) is 0. The lowest BCUT2D eigenvalue weighted by Gasteiger charge is -2.21. The molecule has 0 aliphatic rings. The van der Waals surface area contributed by atoms with Gasteiger partial charge in [-0.2, -0.15) is 5.26 Å². The van der Waals surface area contributed by atoms with Crippen molar-refractivity contribution in [3.63, 3.8) is 0 Å². The lowest BCUT2D eigenvalue weighted by molar-refractivity contribution is 0.293. The minimum atomic E-state index is 0.266. The highest BCUT2D eigenvalue weighted by Gasteiger charge is 2.09. The molecule has 0 bridgehead atoms. The van der Waals surface area contributed by atoms with E-state index in [1.165, 1.54) is 5.56 Å². The number of pyridine rings is 1. The van der Waals surface area contributed by atoms with Crippen molar-refractivity contribution >= 4 is 0 Å². The molecule has 0 aliphatic heterocycles. The quantitative estimate of drug-likeness (QED) is 0.655. The molecule has 0 spiro atoms. The van der Waals surface area contributed by atoms with Crippen molar-refractivity contribution < 1.29 is 0 Å². The molecule has 68 valence electrons. The van der Waals surface area contributed by atoms with Gasteiger partial charge in [0, 0.05) is 18.4 Å². The fourth-order valence-electron chi connectivity index (χ4n) is 1.14. The lowest BCUT2D eigenvalue weighted by Crippen LogP contribution is -2.22. The van der Waals surface area contributed by atoms with Gasteiger partial charge in [-0.3, -0.25) is 9.88 Å². The SMILES string of the molecule is CC(c1ccncc1)N(C)CC#N. The number of aromatic nitrogens is 1. The van der Waals surface area contributed by atoms with Crippen molar-refractivity contribution in [2.45, 2.75) is 13.0 Å². The number of hydrogen-bond acceptors (Lipinski definition) is 3. The molecule has 3 nitrogen and oxygen atoms in total. The zero-order valence-electron chi connectivity index (χ0n) is 7.94. The average molecular weight is 175 g/mol. The van der Waals surface area contributed by atoms with Crippen LogP contribution in [0.4, 0.5) is 0 Å². The highest BCUT2D eigenvalue weighted by Crippen LogP contribution is 2.16. The molecular weight excluding hydrogens is 162 g/mol. The van der Waals surface area contributed by atoms with Crippen LogP contribution in [0.25, 0.3) is 0 Å². The van der Waals surface area contributed by atoms with E-state index in [4.69, 9.17) is 5.26 Å². The van der Waals surface area contributed by atoms with Crippen LogP contribution >= 0.6 is 0 Å². The molecule has 0 saturated heterocycles. The Kier molecular flexibility index (Phi) is 3.41. The lowest BCUT2D eigenvalue weighted by atomic mass is 10.1. The van der Waals surface area contributed by atoms with Crippen LogP contribution < -0.4 is 0 Å². The largest absolute Gasteiger partial charge is 0.287 e. The summed E-state index contributed by atoms with van der Waals surface area (Å²) < 4.78 is 0. The minimum Gasteiger partial charge on any atom is -0.287 e. The van der Waals surface area contributed by atoms with E-state index >= 15 is 0 Å². The molecule has 1 rings (SSSR count). The number of rotatable bonds is 3. The smallest absolute Gasteiger partial charge is 0.0868 e. The Morgan fingerprint density at radius 3 is 2.69 bits per heavy atom. The van der Waals surface area contributed by atoms with Gasteiger partial charge in [-0.25, -0.2) is 0 Å². The van der Waals surface area contributed by atoms with E-state index in [1.807, 2.05) is 24.1 Å². The molecule has 1 atom stereocenters. The maximum absolute atomic E-state index is 8.53. The summed E-state index contributed by atoms with van der Waals surface area (Å²) in [6.07, 6.45) is 3.54. The molecule has 0 aliphatic carbocycles. The van der Waals surface area contributed by atoms with E-state index in [-0.39, 0.29) is 6.04 Å². The van der Waals surface area contributed by atoms with Gasteiger partial charge in [0.25, 0.3) is 0 Å². The van der Waals surface area contributed by atoms with Crippen LogP contribution in [0.3, 0.4) is 0 Å². The maximum atomic E-state index is 8.53. The standard InChI is InChI=1S/C10H13N3/c1-9(13(2)8-5-11)10-3-6-12-7-4-10/h3-4,6-7,9H,8H2,1-2H3. The first-order chi connectivity index (χ1) is 6.25. The van der Waals surface area contributed by atoms with Crippen LogP contribution in [-0.4, -0.2) is 23.5 Å². The van der Waals surface area contributed by atoms with Gasteiger partial charge in [-0.05, 0) is 31.7 Å². The van der Waals surface area contributed by atoms with Crippen LogP contribution in [0, 0.1) is 11.3 Å². The summed E-state index contributed by atoms with van der Waals surface area (Å²) >= 11 is 0. The van der Waals surface area contributed by atoms with Gasteiger partial charge in [-0.1, -0.05) is 0 Å². The number of hydrogen-bond donors (Lipinski definition) is 0. The Hall–Kier alpha value is -1.40. The molecule has 0 radical (unpaired) electrons. The number of nitriles is 1. The highest BCUT2D eigenvalue weighted by atomic mass is 15.1. The first-order valence-electron chi connectivity index (χ1n) is 4.23. The second-order valence-corrected chi connectivity index (χ2v) is 3.03. The van der Waals surface area contributed by atoms with Gasteiger partial charge in [-0.15, -0.1) is 0 Å². The topological polar surface area (TPSA) is 39.9 Å². The molecule has 0 fully saturated rings. The molecule has 1 heterocycles. The predicted octanol–water partition coefficient (Wildman–Crippen LogP) is 1.60. The zero-order chi connectivity index (χ0) is 9.68. The van der Waals surface area contributed by atoms with Gasteiger partial charge >= 0.3 is 0 Å². The molecular formula is C10H13N3. The summed E-state index contributed by atoms with van der Waals surface area (Å²) in [5, 5.41) is 8.53. The number of nitrogens with zero attached hydrogens (tertiary/aromatic N) is 3. The fourth-order valence-corrected chi connectivity index (χ4v) is 1.14. The van der Waals surface area contributed by atoms with Gasteiger partial charge in [0.05, 0.1) is 12.6 Å². The minimum absolute atomic E-state index is 0.266. The van der Waals surface area contributed by atoms with Crippen molar-refractivity contribution in [1.82, 2.24) is 9.88 Å². The first-order valence-corrected chi connectivity index (χ1v) is 4.23. The molecule has 1 aromatic rings. The Balaban J connectivity index is 2.69. The van der Waals surface area contributed by atoms with Gasteiger partial charge < -0.3 is 0 Å².